The summed E-state index contributed by atoms with van der Waals surface area (Å²) < 4.78 is 0. The maximum atomic E-state index is 8.45. The molecule has 19 heavy (non-hydrogen) atoms. The van der Waals surface area contributed by atoms with E-state index in [0.29, 0.717) is 0 Å². The minimum atomic E-state index is -0.625. The summed E-state index contributed by atoms with van der Waals surface area (Å²) in [5, 5.41) is 19.3. The van der Waals surface area contributed by atoms with E-state index >= 15 is 0 Å². The fraction of sp³-hybridized carbons (Fsp3) is 1.00. The van der Waals surface area contributed by atoms with Gasteiger partial charge in [-0.15, -0.1) is 0 Å². The quantitative estimate of drug-likeness (QED) is 0.391. The Morgan fingerprint density at radius 3 is 1.05 bits per heavy atom. The molecule has 2 unspecified atom stereocenters. The third-order valence-corrected chi connectivity index (χ3v) is 2.94. The van der Waals surface area contributed by atoms with Gasteiger partial charge in [0.25, 0.3) is 0 Å². The lowest BCUT2D eigenvalue weighted by Crippen LogP contribution is -2.33. The molecule has 0 saturated carbocycles. The first kappa shape index (κ1) is 21.2. The Bertz CT molecular complexity index is 134. The van der Waals surface area contributed by atoms with Gasteiger partial charge < -0.3 is 10.2 Å². The molecule has 0 bridgehead atoms. The number of hydrogen-bond donors (Lipinski definition) is 3. The zero-order chi connectivity index (χ0) is 14.9. The number of rotatable bonds is 11. The lowest BCUT2D eigenvalue weighted by molar-refractivity contribution is 0.0632. The fourth-order valence-electron chi connectivity index (χ4n) is 1.91. The van der Waals surface area contributed by atoms with Gasteiger partial charge in [-0.25, -0.2) is 0 Å². The molecule has 0 aromatic heterocycles. The average Bonchev–Trinajstić information content (AvgIpc) is 2.32. The van der Waals surface area contributed by atoms with Gasteiger partial charge in [0.15, 0.2) is 0 Å². The predicted molar refractivity (Wildman–Crippen MR) is 84.0 cm³/mol. The first-order valence-electron chi connectivity index (χ1n) is 8.16. The van der Waals surface area contributed by atoms with E-state index in [2.05, 4.69) is 19.2 Å². The van der Waals surface area contributed by atoms with E-state index in [1.54, 1.807) is 13.8 Å². The maximum absolute atomic E-state index is 8.45. The van der Waals surface area contributed by atoms with Crippen LogP contribution in [0.1, 0.15) is 91.9 Å². The second-order valence-corrected chi connectivity index (χ2v) is 5.35. The third kappa shape index (κ3) is 27.2. The summed E-state index contributed by atoms with van der Waals surface area (Å²) in [6.07, 6.45) is 13.2. The largest absolute Gasteiger partial charge is 0.379 e. The summed E-state index contributed by atoms with van der Waals surface area (Å²) >= 11 is 0. The molecule has 0 aliphatic rings. The summed E-state index contributed by atoms with van der Waals surface area (Å²) in [5.74, 6) is 0. The monoisotopic (exact) mass is 275 g/mol. The van der Waals surface area contributed by atoms with Crippen LogP contribution >= 0.6 is 0 Å². The van der Waals surface area contributed by atoms with Crippen molar-refractivity contribution in [2.24, 2.45) is 0 Å². The Morgan fingerprint density at radius 2 is 0.895 bits per heavy atom. The predicted octanol–water partition coefficient (Wildman–Crippen LogP) is 4.18. The molecule has 2 atom stereocenters. The van der Waals surface area contributed by atoms with E-state index in [4.69, 9.17) is 10.2 Å². The average molecular weight is 275 g/mol. The van der Waals surface area contributed by atoms with Crippen LogP contribution in [0.5, 0.6) is 0 Å². The third-order valence-electron chi connectivity index (χ3n) is 2.94. The molecule has 0 saturated heterocycles. The van der Waals surface area contributed by atoms with Crippen molar-refractivity contribution in [3.8, 4) is 0 Å². The smallest absolute Gasteiger partial charge is 0.103 e. The molecule has 0 aromatic carbocycles. The van der Waals surface area contributed by atoms with Crippen molar-refractivity contribution >= 4 is 0 Å². The molecule has 0 fully saturated rings. The zero-order valence-electron chi connectivity index (χ0n) is 13.6. The Kier molecular flexibility index (Phi) is 19.9. The zero-order valence-corrected chi connectivity index (χ0v) is 13.6. The Labute approximate surface area is 120 Å². The van der Waals surface area contributed by atoms with Crippen molar-refractivity contribution in [3.63, 3.8) is 0 Å². The van der Waals surface area contributed by atoms with Crippen LogP contribution in [-0.2, 0) is 0 Å². The number of aliphatic hydroxyl groups is 2. The normalized spacial score (nSPS) is 13.6. The Balaban J connectivity index is 0. The van der Waals surface area contributed by atoms with Gasteiger partial charge in [-0.3, -0.25) is 5.32 Å². The van der Waals surface area contributed by atoms with E-state index < -0.39 is 12.5 Å². The standard InChI is InChI=1S/C12H26.C4H11NO2/c1-3-5-7-9-11-12-10-8-6-4-2;1-3(6)5-4(2)7/h3-12H2,1-2H3;3-7H,1-2H3. The first-order valence-corrected chi connectivity index (χ1v) is 8.16. The van der Waals surface area contributed by atoms with Gasteiger partial charge in [-0.1, -0.05) is 78.1 Å². The van der Waals surface area contributed by atoms with Crippen LogP contribution in [-0.4, -0.2) is 22.7 Å². The van der Waals surface area contributed by atoms with E-state index in [0.717, 1.165) is 0 Å². The molecule has 0 rings (SSSR count). The van der Waals surface area contributed by atoms with Crippen LogP contribution in [0.15, 0.2) is 0 Å². The number of aliphatic hydroxyl groups excluding tert-OH is 2. The van der Waals surface area contributed by atoms with Crippen molar-refractivity contribution in [1.29, 1.82) is 0 Å². The summed E-state index contributed by atoms with van der Waals surface area (Å²) in [6.45, 7) is 7.65. The second-order valence-electron chi connectivity index (χ2n) is 5.35. The molecular weight excluding hydrogens is 238 g/mol. The van der Waals surface area contributed by atoms with Gasteiger partial charge >= 0.3 is 0 Å². The van der Waals surface area contributed by atoms with Crippen LogP contribution < -0.4 is 5.32 Å². The van der Waals surface area contributed by atoms with Crippen molar-refractivity contribution in [1.82, 2.24) is 5.32 Å². The molecule has 3 N–H and O–H groups in total. The number of unbranched alkanes of at least 4 members (excludes halogenated alkanes) is 9. The van der Waals surface area contributed by atoms with Crippen molar-refractivity contribution in [2.75, 3.05) is 0 Å². The highest BCUT2D eigenvalue weighted by Crippen LogP contribution is 2.09. The highest BCUT2D eigenvalue weighted by Gasteiger charge is 1.95. The molecular formula is C16H37NO2. The van der Waals surface area contributed by atoms with Gasteiger partial charge in [0.2, 0.25) is 0 Å². The molecule has 3 nitrogen and oxygen atoms in total. The lowest BCUT2D eigenvalue weighted by atomic mass is 10.1. The highest BCUT2D eigenvalue weighted by molar-refractivity contribution is 4.45. The molecule has 0 radical (unpaired) electrons. The van der Waals surface area contributed by atoms with Crippen molar-refractivity contribution < 1.29 is 10.2 Å². The molecule has 0 aliphatic heterocycles. The van der Waals surface area contributed by atoms with Crippen LogP contribution in [0, 0.1) is 0 Å². The van der Waals surface area contributed by atoms with Gasteiger partial charge in [0, 0.05) is 0 Å². The van der Waals surface area contributed by atoms with Crippen molar-refractivity contribution in [3.05, 3.63) is 0 Å². The molecule has 0 aromatic rings. The van der Waals surface area contributed by atoms with Crippen LogP contribution in [0.4, 0.5) is 0 Å². The van der Waals surface area contributed by atoms with E-state index in [9.17, 15) is 0 Å². The first-order chi connectivity index (χ1) is 9.04. The van der Waals surface area contributed by atoms with Crippen LogP contribution in [0.25, 0.3) is 0 Å². The molecule has 118 valence electrons. The minimum Gasteiger partial charge on any atom is -0.379 e. The summed E-state index contributed by atoms with van der Waals surface area (Å²) in [5.41, 5.74) is 0. The molecule has 0 aliphatic carbocycles. The summed E-state index contributed by atoms with van der Waals surface area (Å²) in [7, 11) is 0. The SMILES string of the molecule is CC(O)NC(C)O.CCCCCCCCCCCC. The number of hydrogen-bond acceptors (Lipinski definition) is 3. The summed E-state index contributed by atoms with van der Waals surface area (Å²) in [6, 6.07) is 0. The second kappa shape index (κ2) is 17.9. The topological polar surface area (TPSA) is 52.5 Å². The molecule has 0 spiro atoms. The van der Waals surface area contributed by atoms with Gasteiger partial charge in [-0.05, 0) is 13.8 Å². The van der Waals surface area contributed by atoms with Crippen LogP contribution in [0.2, 0.25) is 0 Å². The molecule has 0 amide bonds. The van der Waals surface area contributed by atoms with E-state index in [1.165, 1.54) is 64.2 Å². The van der Waals surface area contributed by atoms with Gasteiger partial charge in [-0.2, -0.15) is 0 Å². The fourth-order valence-corrected chi connectivity index (χ4v) is 1.91. The van der Waals surface area contributed by atoms with Gasteiger partial charge in [0.05, 0.1) is 0 Å². The maximum Gasteiger partial charge on any atom is 0.103 e. The highest BCUT2D eigenvalue weighted by atomic mass is 16.3. The van der Waals surface area contributed by atoms with Crippen LogP contribution in [0.3, 0.4) is 0 Å². The van der Waals surface area contributed by atoms with E-state index in [1.807, 2.05) is 0 Å². The van der Waals surface area contributed by atoms with Crippen molar-refractivity contribution in [2.45, 2.75) is 104 Å². The molecule has 3 heteroatoms. The Hall–Kier alpha value is -0.120. The van der Waals surface area contributed by atoms with E-state index in [-0.39, 0.29) is 0 Å². The van der Waals surface area contributed by atoms with Gasteiger partial charge in [0.1, 0.15) is 12.5 Å². The molecule has 0 heterocycles. The lowest BCUT2D eigenvalue weighted by Gasteiger charge is -2.08. The summed E-state index contributed by atoms with van der Waals surface area (Å²) in [4.78, 5) is 0. The minimum absolute atomic E-state index is 0.625. The Morgan fingerprint density at radius 1 is 0.632 bits per heavy atom. The number of nitrogens with one attached hydrogen (secondary N) is 1.